The van der Waals surface area contributed by atoms with Gasteiger partial charge in [0.05, 0.1) is 4.90 Å². The van der Waals surface area contributed by atoms with Crippen LogP contribution in [0.15, 0.2) is 76.1 Å². The zero-order chi connectivity index (χ0) is 21.0. The average Bonchev–Trinajstić information content (AvgIpc) is 2.69. The maximum absolute atomic E-state index is 13.6. The molecule has 0 heterocycles. The first kappa shape index (κ1) is 20.9. The molecule has 0 aromatic heterocycles. The van der Waals surface area contributed by atoms with Crippen LogP contribution in [0.3, 0.4) is 0 Å². The zero-order valence-corrected chi connectivity index (χ0v) is 17.2. The highest BCUT2D eigenvalue weighted by atomic mass is 79.9. The van der Waals surface area contributed by atoms with Crippen LogP contribution in [0.1, 0.15) is 15.9 Å². The van der Waals surface area contributed by atoms with Gasteiger partial charge in [-0.05, 0) is 66.7 Å². The lowest BCUT2D eigenvalue weighted by atomic mass is 10.1. The van der Waals surface area contributed by atoms with Gasteiger partial charge >= 0.3 is 0 Å². The molecule has 1 amide bonds. The Morgan fingerprint density at radius 3 is 2.24 bits per heavy atom. The minimum absolute atomic E-state index is 0.0252. The van der Waals surface area contributed by atoms with Crippen LogP contribution in [-0.2, 0) is 16.6 Å². The summed E-state index contributed by atoms with van der Waals surface area (Å²) in [6, 6.07) is 14.9. The number of rotatable bonds is 6. The number of halogens is 3. The summed E-state index contributed by atoms with van der Waals surface area (Å²) in [5.41, 5.74) is 0.547. The highest BCUT2D eigenvalue weighted by Crippen LogP contribution is 2.19. The van der Waals surface area contributed by atoms with E-state index in [1.807, 2.05) is 0 Å². The van der Waals surface area contributed by atoms with Crippen molar-refractivity contribution in [3.05, 3.63) is 94.0 Å². The van der Waals surface area contributed by atoms with Crippen molar-refractivity contribution in [2.45, 2.75) is 11.4 Å². The van der Waals surface area contributed by atoms with Crippen molar-refractivity contribution in [3.8, 4) is 0 Å². The van der Waals surface area contributed by atoms with E-state index in [2.05, 4.69) is 26.0 Å². The SMILES string of the molecule is O=C(NCc1cc(F)ccc1F)c1ccc(NS(=O)(=O)c2ccc(Br)cc2)cc1. The molecule has 0 unspecified atom stereocenters. The highest BCUT2D eigenvalue weighted by molar-refractivity contribution is 9.10. The van der Waals surface area contributed by atoms with Crippen LogP contribution in [0.5, 0.6) is 0 Å². The van der Waals surface area contributed by atoms with Crippen molar-refractivity contribution in [2.24, 2.45) is 0 Å². The average molecular weight is 481 g/mol. The van der Waals surface area contributed by atoms with Gasteiger partial charge in [0.25, 0.3) is 15.9 Å². The number of sulfonamides is 1. The maximum Gasteiger partial charge on any atom is 0.261 e. The molecule has 0 saturated carbocycles. The molecule has 0 saturated heterocycles. The van der Waals surface area contributed by atoms with E-state index in [-0.39, 0.29) is 28.3 Å². The van der Waals surface area contributed by atoms with Gasteiger partial charge in [0, 0.05) is 27.8 Å². The summed E-state index contributed by atoms with van der Waals surface area (Å²) in [5, 5.41) is 2.49. The molecule has 0 spiro atoms. The van der Waals surface area contributed by atoms with E-state index in [1.165, 1.54) is 36.4 Å². The van der Waals surface area contributed by atoms with E-state index in [0.717, 1.165) is 22.7 Å². The van der Waals surface area contributed by atoms with Gasteiger partial charge in [-0.3, -0.25) is 9.52 Å². The molecule has 0 aliphatic carbocycles. The van der Waals surface area contributed by atoms with Crippen LogP contribution in [0, 0.1) is 11.6 Å². The summed E-state index contributed by atoms with van der Waals surface area (Å²) in [4.78, 5) is 12.3. The Morgan fingerprint density at radius 2 is 1.59 bits per heavy atom. The van der Waals surface area contributed by atoms with Gasteiger partial charge in [0.1, 0.15) is 11.6 Å². The van der Waals surface area contributed by atoms with Crippen LogP contribution < -0.4 is 10.0 Å². The fourth-order valence-corrected chi connectivity index (χ4v) is 3.80. The monoisotopic (exact) mass is 480 g/mol. The minimum Gasteiger partial charge on any atom is -0.348 e. The molecule has 0 fully saturated rings. The number of benzene rings is 3. The first-order valence-corrected chi connectivity index (χ1v) is 10.6. The Labute approximate surface area is 174 Å². The maximum atomic E-state index is 13.6. The van der Waals surface area contributed by atoms with Crippen molar-refractivity contribution in [1.82, 2.24) is 5.32 Å². The summed E-state index contributed by atoms with van der Waals surface area (Å²) in [6.07, 6.45) is 0. The molecular weight excluding hydrogens is 466 g/mol. The van der Waals surface area contributed by atoms with E-state index >= 15 is 0 Å². The number of hydrogen-bond donors (Lipinski definition) is 2. The number of amides is 1. The van der Waals surface area contributed by atoms with E-state index in [4.69, 9.17) is 0 Å². The Balaban J connectivity index is 1.65. The lowest BCUT2D eigenvalue weighted by molar-refractivity contribution is 0.0950. The topological polar surface area (TPSA) is 75.3 Å². The Hall–Kier alpha value is -2.78. The predicted molar refractivity (Wildman–Crippen MR) is 109 cm³/mol. The van der Waals surface area contributed by atoms with Crippen molar-refractivity contribution < 1.29 is 22.0 Å². The molecule has 0 aliphatic rings. The molecule has 9 heteroatoms. The third-order valence-electron chi connectivity index (χ3n) is 3.97. The van der Waals surface area contributed by atoms with E-state index in [1.54, 1.807) is 12.1 Å². The van der Waals surface area contributed by atoms with E-state index in [0.29, 0.717) is 0 Å². The lowest BCUT2D eigenvalue weighted by Gasteiger charge is -2.10. The third-order valence-corrected chi connectivity index (χ3v) is 5.90. The Morgan fingerprint density at radius 1 is 0.931 bits per heavy atom. The molecular formula is C20H15BrF2N2O3S. The van der Waals surface area contributed by atoms with E-state index in [9.17, 15) is 22.0 Å². The molecule has 29 heavy (non-hydrogen) atoms. The summed E-state index contributed by atoms with van der Waals surface area (Å²) >= 11 is 3.24. The quantitative estimate of drug-likeness (QED) is 0.546. The van der Waals surface area contributed by atoms with Crippen LogP contribution >= 0.6 is 15.9 Å². The molecule has 2 N–H and O–H groups in total. The number of carbonyl (C=O) groups excluding carboxylic acids is 1. The second-order valence-corrected chi connectivity index (χ2v) is 8.65. The molecule has 0 radical (unpaired) electrons. The second-order valence-electron chi connectivity index (χ2n) is 6.06. The smallest absolute Gasteiger partial charge is 0.261 e. The van der Waals surface area contributed by atoms with Crippen molar-refractivity contribution in [1.29, 1.82) is 0 Å². The van der Waals surface area contributed by atoms with Gasteiger partial charge in [-0.25, -0.2) is 17.2 Å². The normalized spacial score (nSPS) is 11.1. The summed E-state index contributed by atoms with van der Waals surface area (Å²) in [7, 11) is -3.77. The minimum atomic E-state index is -3.77. The van der Waals surface area contributed by atoms with Gasteiger partial charge < -0.3 is 5.32 Å². The standard InChI is InChI=1S/C20H15BrF2N2O3S/c21-15-3-8-18(9-4-15)29(27,28)25-17-6-1-13(2-7-17)20(26)24-12-14-11-16(22)5-10-19(14)23/h1-11,25H,12H2,(H,24,26). The number of hydrogen-bond acceptors (Lipinski definition) is 3. The third kappa shape index (κ3) is 5.39. The fourth-order valence-electron chi connectivity index (χ4n) is 2.47. The fraction of sp³-hybridized carbons (Fsp3) is 0.0500. The summed E-state index contributed by atoms with van der Waals surface area (Å²) in [6.45, 7) is -0.180. The molecule has 0 bridgehead atoms. The molecule has 3 aromatic rings. The van der Waals surface area contributed by atoms with Gasteiger partial charge in [-0.15, -0.1) is 0 Å². The van der Waals surface area contributed by atoms with Crippen molar-refractivity contribution >= 4 is 37.5 Å². The van der Waals surface area contributed by atoms with Gasteiger partial charge in [-0.2, -0.15) is 0 Å². The van der Waals surface area contributed by atoms with Gasteiger partial charge in [0.2, 0.25) is 0 Å². The molecule has 3 aromatic carbocycles. The molecule has 3 rings (SSSR count). The number of nitrogens with one attached hydrogen (secondary N) is 2. The second kappa shape index (κ2) is 8.71. The van der Waals surface area contributed by atoms with Crippen LogP contribution in [-0.4, -0.2) is 14.3 Å². The number of carbonyl (C=O) groups is 1. The Kier molecular flexibility index (Phi) is 6.29. The molecule has 5 nitrogen and oxygen atoms in total. The molecule has 150 valence electrons. The lowest BCUT2D eigenvalue weighted by Crippen LogP contribution is -2.23. The van der Waals surface area contributed by atoms with Gasteiger partial charge in [-0.1, -0.05) is 15.9 Å². The van der Waals surface area contributed by atoms with Gasteiger partial charge in [0.15, 0.2) is 0 Å². The zero-order valence-electron chi connectivity index (χ0n) is 14.8. The van der Waals surface area contributed by atoms with Crippen LogP contribution in [0.4, 0.5) is 14.5 Å². The van der Waals surface area contributed by atoms with Crippen molar-refractivity contribution in [3.63, 3.8) is 0 Å². The predicted octanol–water partition coefficient (Wildman–Crippen LogP) is 4.46. The first-order valence-electron chi connectivity index (χ1n) is 8.35. The summed E-state index contributed by atoms with van der Waals surface area (Å²) < 4.78 is 54.7. The van der Waals surface area contributed by atoms with E-state index < -0.39 is 27.6 Å². The first-order chi connectivity index (χ1) is 13.7. The van der Waals surface area contributed by atoms with Crippen LogP contribution in [0.2, 0.25) is 0 Å². The Bertz CT molecular complexity index is 1140. The molecule has 0 atom stereocenters. The largest absolute Gasteiger partial charge is 0.348 e. The number of anilines is 1. The molecule has 0 aliphatic heterocycles. The highest BCUT2D eigenvalue weighted by Gasteiger charge is 2.14. The van der Waals surface area contributed by atoms with Crippen molar-refractivity contribution in [2.75, 3.05) is 4.72 Å². The van der Waals surface area contributed by atoms with Crippen LogP contribution in [0.25, 0.3) is 0 Å². The summed E-state index contributed by atoms with van der Waals surface area (Å²) in [5.74, 6) is -1.72.